The highest BCUT2D eigenvalue weighted by atomic mass is 28.4. The Morgan fingerprint density at radius 1 is 0.905 bits per heavy atom. The van der Waals surface area contributed by atoms with E-state index in [2.05, 4.69) is 18.7 Å². The number of benzene rings is 1. The molecule has 0 saturated carbocycles. The highest BCUT2D eigenvalue weighted by Gasteiger charge is 2.44. The third-order valence-electron chi connectivity index (χ3n) is 2.85. The van der Waals surface area contributed by atoms with Crippen LogP contribution in [0.3, 0.4) is 0 Å². The Hall–Kier alpha value is -0.983. The molecular weight excluding hydrogens is 284 g/mol. The van der Waals surface area contributed by atoms with Crippen LogP contribution in [0.15, 0.2) is 30.8 Å². The van der Waals surface area contributed by atoms with Crippen LogP contribution in [0.25, 0.3) is 6.08 Å². The van der Waals surface area contributed by atoms with Crippen LogP contribution in [0.4, 0.5) is 0 Å². The lowest BCUT2D eigenvalue weighted by atomic mass is 10.1. The number of hydrogen-bond donors (Lipinski definition) is 0. The van der Waals surface area contributed by atoms with Crippen molar-refractivity contribution in [1.29, 1.82) is 0 Å². The van der Waals surface area contributed by atoms with Crippen LogP contribution in [0.2, 0.25) is 0 Å². The average molecular weight is 310 g/mol. The first-order chi connectivity index (χ1) is 10.2. The van der Waals surface area contributed by atoms with Crippen molar-refractivity contribution in [1.82, 2.24) is 0 Å². The molecule has 0 aromatic heterocycles. The Balaban J connectivity index is 2.56. The molecule has 1 aromatic carbocycles. The maximum atomic E-state index is 5.86. The van der Waals surface area contributed by atoms with Gasteiger partial charge in [0.05, 0.1) is 0 Å². The molecule has 0 heterocycles. The molecule has 5 heteroatoms. The largest absolute Gasteiger partial charge is 0.679 e. The SMILES string of the molecule is C=Cc1ccc(CCO[Si](OCC)(OCC)OCC)cc1. The van der Waals surface area contributed by atoms with Crippen LogP contribution in [-0.2, 0) is 24.1 Å². The summed E-state index contributed by atoms with van der Waals surface area (Å²) < 4.78 is 22.8. The summed E-state index contributed by atoms with van der Waals surface area (Å²) in [7, 11) is -2.98. The summed E-state index contributed by atoms with van der Waals surface area (Å²) in [6.07, 6.45) is 2.62. The van der Waals surface area contributed by atoms with Gasteiger partial charge in [0.25, 0.3) is 0 Å². The molecule has 1 aromatic rings. The molecule has 0 N–H and O–H groups in total. The lowest BCUT2D eigenvalue weighted by molar-refractivity contribution is -0.0268. The highest BCUT2D eigenvalue weighted by Crippen LogP contribution is 2.13. The first-order valence-electron chi connectivity index (χ1n) is 7.46. The number of rotatable bonds is 11. The minimum atomic E-state index is -2.98. The zero-order valence-corrected chi connectivity index (χ0v) is 14.3. The van der Waals surface area contributed by atoms with Gasteiger partial charge < -0.3 is 17.7 Å². The molecule has 0 aliphatic rings. The summed E-state index contributed by atoms with van der Waals surface area (Å²) in [5.41, 5.74) is 2.31. The molecule has 118 valence electrons. The van der Waals surface area contributed by atoms with Crippen LogP contribution in [0, 0.1) is 0 Å². The standard InChI is InChI=1S/C16H26O4Si/c1-5-15-9-11-16(12-10-15)13-14-20-21(17-6-2,18-7-3)19-8-4/h5,9-12H,1,6-8,13-14H2,2-4H3. The van der Waals surface area contributed by atoms with Gasteiger partial charge in [-0.15, -0.1) is 0 Å². The van der Waals surface area contributed by atoms with Crippen LogP contribution in [0.5, 0.6) is 0 Å². The first kappa shape index (κ1) is 18.1. The topological polar surface area (TPSA) is 36.9 Å². The smallest absolute Gasteiger partial charge is 0.351 e. The van der Waals surface area contributed by atoms with E-state index in [-0.39, 0.29) is 0 Å². The van der Waals surface area contributed by atoms with E-state index in [1.54, 1.807) is 0 Å². The van der Waals surface area contributed by atoms with Crippen LogP contribution in [-0.4, -0.2) is 35.5 Å². The summed E-state index contributed by atoms with van der Waals surface area (Å²) in [6.45, 7) is 11.5. The molecule has 0 saturated heterocycles. The quantitative estimate of drug-likeness (QED) is 0.587. The average Bonchev–Trinajstić information content (AvgIpc) is 2.49. The van der Waals surface area contributed by atoms with Gasteiger partial charge in [0, 0.05) is 26.4 Å². The molecule has 0 radical (unpaired) electrons. The van der Waals surface area contributed by atoms with Gasteiger partial charge >= 0.3 is 9.05 Å². The lowest BCUT2D eigenvalue weighted by Crippen LogP contribution is -2.49. The molecule has 0 amide bonds. The van der Waals surface area contributed by atoms with E-state index in [1.807, 2.05) is 39.0 Å². The maximum absolute atomic E-state index is 5.86. The van der Waals surface area contributed by atoms with Crippen molar-refractivity contribution in [2.45, 2.75) is 27.2 Å². The summed E-state index contributed by atoms with van der Waals surface area (Å²) in [6, 6.07) is 8.23. The minimum Gasteiger partial charge on any atom is -0.351 e. The second-order valence-corrected chi connectivity index (χ2v) is 6.50. The minimum absolute atomic E-state index is 0.514. The Labute approximate surface area is 129 Å². The third-order valence-corrected chi connectivity index (χ3v) is 5.33. The van der Waals surface area contributed by atoms with E-state index < -0.39 is 9.05 Å². The zero-order valence-electron chi connectivity index (χ0n) is 13.3. The van der Waals surface area contributed by atoms with Crippen LogP contribution >= 0.6 is 0 Å². The molecular formula is C16H26O4Si. The Kier molecular flexibility index (Phi) is 8.49. The van der Waals surface area contributed by atoms with Gasteiger partial charge in [0.15, 0.2) is 0 Å². The Morgan fingerprint density at radius 3 is 1.86 bits per heavy atom. The molecule has 0 aliphatic carbocycles. The molecule has 0 atom stereocenters. The van der Waals surface area contributed by atoms with Gasteiger partial charge in [-0.1, -0.05) is 36.9 Å². The summed E-state index contributed by atoms with van der Waals surface area (Å²) in [4.78, 5) is 0. The van der Waals surface area contributed by atoms with Gasteiger partial charge in [0.2, 0.25) is 0 Å². The molecule has 0 aliphatic heterocycles. The maximum Gasteiger partial charge on any atom is 0.679 e. The van der Waals surface area contributed by atoms with E-state index in [9.17, 15) is 0 Å². The zero-order chi connectivity index (χ0) is 15.6. The van der Waals surface area contributed by atoms with E-state index in [0.29, 0.717) is 26.4 Å². The van der Waals surface area contributed by atoms with Crippen molar-refractivity contribution in [3.8, 4) is 0 Å². The highest BCUT2D eigenvalue weighted by molar-refractivity contribution is 6.53. The van der Waals surface area contributed by atoms with Crippen molar-refractivity contribution in [3.05, 3.63) is 42.0 Å². The van der Waals surface area contributed by atoms with Gasteiger partial charge in [-0.05, 0) is 38.3 Å². The van der Waals surface area contributed by atoms with Crippen LogP contribution < -0.4 is 0 Å². The molecule has 0 spiro atoms. The summed E-state index contributed by atoms with van der Waals surface area (Å²) in [5, 5.41) is 0. The fraction of sp³-hybridized carbons (Fsp3) is 0.500. The van der Waals surface area contributed by atoms with Gasteiger partial charge in [-0.3, -0.25) is 0 Å². The van der Waals surface area contributed by atoms with E-state index in [4.69, 9.17) is 17.7 Å². The molecule has 0 fully saturated rings. The van der Waals surface area contributed by atoms with Crippen LogP contribution in [0.1, 0.15) is 31.9 Å². The third kappa shape index (κ3) is 6.11. The number of hydrogen-bond acceptors (Lipinski definition) is 4. The van der Waals surface area contributed by atoms with Crippen molar-refractivity contribution < 1.29 is 17.7 Å². The summed E-state index contributed by atoms with van der Waals surface area (Å²) >= 11 is 0. The van der Waals surface area contributed by atoms with Gasteiger partial charge in [-0.25, -0.2) is 0 Å². The van der Waals surface area contributed by atoms with Crippen molar-refractivity contribution in [2.75, 3.05) is 26.4 Å². The Bertz CT molecular complexity index is 388. The lowest BCUT2D eigenvalue weighted by Gasteiger charge is -2.26. The predicted octanol–water partition coefficient (Wildman–Crippen LogP) is 3.43. The summed E-state index contributed by atoms with van der Waals surface area (Å²) in [5.74, 6) is 0. The van der Waals surface area contributed by atoms with E-state index in [0.717, 1.165) is 12.0 Å². The normalized spacial score (nSPS) is 11.6. The molecule has 4 nitrogen and oxygen atoms in total. The predicted molar refractivity (Wildman–Crippen MR) is 86.8 cm³/mol. The van der Waals surface area contributed by atoms with Crippen molar-refractivity contribution >= 4 is 15.1 Å². The molecule has 21 heavy (non-hydrogen) atoms. The monoisotopic (exact) mass is 310 g/mol. The van der Waals surface area contributed by atoms with Gasteiger partial charge in [0.1, 0.15) is 0 Å². The van der Waals surface area contributed by atoms with Gasteiger partial charge in [-0.2, -0.15) is 0 Å². The Morgan fingerprint density at radius 2 is 1.43 bits per heavy atom. The fourth-order valence-electron chi connectivity index (χ4n) is 1.89. The van der Waals surface area contributed by atoms with E-state index >= 15 is 0 Å². The fourth-order valence-corrected chi connectivity index (χ4v) is 3.81. The molecule has 1 rings (SSSR count). The first-order valence-corrected chi connectivity index (χ1v) is 9.10. The van der Waals surface area contributed by atoms with Crippen molar-refractivity contribution in [2.24, 2.45) is 0 Å². The van der Waals surface area contributed by atoms with E-state index in [1.165, 1.54) is 5.56 Å². The molecule has 0 unspecified atom stereocenters. The second kappa shape index (κ2) is 9.86. The van der Waals surface area contributed by atoms with Crippen molar-refractivity contribution in [3.63, 3.8) is 0 Å². The molecule has 0 bridgehead atoms. The second-order valence-electron chi connectivity index (χ2n) is 4.34.